The van der Waals surface area contributed by atoms with Gasteiger partial charge in [0.1, 0.15) is 0 Å². The highest BCUT2D eigenvalue weighted by Crippen LogP contribution is 2.14. The highest BCUT2D eigenvalue weighted by molar-refractivity contribution is 5.73. The molecule has 2 aromatic rings. The van der Waals surface area contributed by atoms with E-state index in [1.807, 2.05) is 18.2 Å². The summed E-state index contributed by atoms with van der Waals surface area (Å²) >= 11 is 0. The maximum absolute atomic E-state index is 11.4. The Morgan fingerprint density at radius 3 is 3.05 bits per heavy atom. The third-order valence-electron chi connectivity index (χ3n) is 3.09. The van der Waals surface area contributed by atoms with Crippen molar-refractivity contribution in [1.82, 2.24) is 9.88 Å². The molecule has 0 aliphatic rings. The fourth-order valence-electron chi connectivity index (χ4n) is 1.92. The molecule has 0 saturated heterocycles. The van der Waals surface area contributed by atoms with E-state index >= 15 is 0 Å². The number of aliphatic hydroxyl groups is 1. The van der Waals surface area contributed by atoms with Crippen molar-refractivity contribution in [1.29, 1.82) is 0 Å². The van der Waals surface area contributed by atoms with Gasteiger partial charge in [-0.2, -0.15) is 0 Å². The van der Waals surface area contributed by atoms with Crippen LogP contribution in [-0.4, -0.2) is 35.4 Å². The molecule has 6 nitrogen and oxygen atoms in total. The fraction of sp³-hybridized carbons (Fsp3) is 0.462. The second kappa shape index (κ2) is 6.01. The smallest absolute Gasteiger partial charge is 0.408 e. The van der Waals surface area contributed by atoms with Crippen LogP contribution in [0.1, 0.15) is 5.56 Å². The Labute approximate surface area is 110 Å². The van der Waals surface area contributed by atoms with E-state index in [2.05, 4.69) is 5.32 Å². The lowest BCUT2D eigenvalue weighted by Crippen LogP contribution is -2.37. The van der Waals surface area contributed by atoms with E-state index in [1.54, 1.807) is 7.05 Å². The Bertz CT molecular complexity index is 603. The van der Waals surface area contributed by atoms with E-state index in [0.717, 1.165) is 24.0 Å². The van der Waals surface area contributed by atoms with Crippen LogP contribution in [0.4, 0.5) is 0 Å². The summed E-state index contributed by atoms with van der Waals surface area (Å²) in [5.74, 6) is -0.348. The van der Waals surface area contributed by atoms with E-state index in [1.165, 1.54) is 4.57 Å². The van der Waals surface area contributed by atoms with Crippen LogP contribution in [0.25, 0.3) is 11.1 Å². The SMILES string of the molecule is Cn1c(=O)oc2cc(CCNCC(N)CO)ccc21. The van der Waals surface area contributed by atoms with Crippen molar-refractivity contribution < 1.29 is 9.52 Å². The third kappa shape index (κ3) is 3.23. The van der Waals surface area contributed by atoms with Gasteiger partial charge in [0.05, 0.1) is 12.1 Å². The number of nitrogens with zero attached hydrogens (tertiary/aromatic N) is 1. The van der Waals surface area contributed by atoms with Gasteiger partial charge in [-0.3, -0.25) is 4.57 Å². The summed E-state index contributed by atoms with van der Waals surface area (Å²) in [7, 11) is 1.69. The first-order valence-electron chi connectivity index (χ1n) is 6.27. The zero-order valence-corrected chi connectivity index (χ0v) is 10.9. The average molecular weight is 265 g/mol. The van der Waals surface area contributed by atoms with Crippen LogP contribution >= 0.6 is 0 Å². The van der Waals surface area contributed by atoms with Crippen LogP contribution in [0.3, 0.4) is 0 Å². The molecule has 1 atom stereocenters. The maximum atomic E-state index is 11.4. The van der Waals surface area contributed by atoms with Crippen LogP contribution in [0, 0.1) is 0 Å². The lowest BCUT2D eigenvalue weighted by Gasteiger charge is -2.09. The number of hydrogen-bond donors (Lipinski definition) is 3. The van der Waals surface area contributed by atoms with Gasteiger partial charge in [-0.15, -0.1) is 0 Å². The standard InChI is InChI=1S/C13H19N3O3/c1-16-11-3-2-9(6-12(11)19-13(16)18)4-5-15-7-10(14)8-17/h2-3,6,10,15,17H,4-5,7-8,14H2,1H3. The van der Waals surface area contributed by atoms with E-state index in [4.69, 9.17) is 15.3 Å². The zero-order chi connectivity index (χ0) is 13.8. The van der Waals surface area contributed by atoms with E-state index < -0.39 is 0 Å². The molecule has 0 saturated carbocycles. The molecule has 0 aliphatic heterocycles. The highest BCUT2D eigenvalue weighted by Gasteiger charge is 2.06. The van der Waals surface area contributed by atoms with Crippen molar-refractivity contribution >= 4 is 11.1 Å². The van der Waals surface area contributed by atoms with Crippen LogP contribution in [-0.2, 0) is 13.5 Å². The molecule has 1 aromatic heterocycles. The molecular weight excluding hydrogens is 246 g/mol. The fourth-order valence-corrected chi connectivity index (χ4v) is 1.92. The van der Waals surface area contributed by atoms with Gasteiger partial charge < -0.3 is 20.6 Å². The largest absolute Gasteiger partial charge is 0.419 e. The number of hydrogen-bond acceptors (Lipinski definition) is 5. The Morgan fingerprint density at radius 1 is 1.53 bits per heavy atom. The number of aromatic nitrogens is 1. The first kappa shape index (κ1) is 13.8. The number of aryl methyl sites for hydroxylation is 1. The molecular formula is C13H19N3O3. The van der Waals surface area contributed by atoms with Gasteiger partial charge >= 0.3 is 5.76 Å². The summed E-state index contributed by atoms with van der Waals surface area (Å²) in [5, 5.41) is 12.0. The van der Waals surface area contributed by atoms with Gasteiger partial charge in [0.2, 0.25) is 0 Å². The number of nitrogens with two attached hydrogens (primary N) is 1. The van der Waals surface area contributed by atoms with Gasteiger partial charge in [0.25, 0.3) is 0 Å². The molecule has 1 heterocycles. The Morgan fingerprint density at radius 2 is 2.32 bits per heavy atom. The average Bonchev–Trinajstić information content (AvgIpc) is 2.69. The number of aliphatic hydroxyl groups excluding tert-OH is 1. The number of fused-ring (bicyclic) bond motifs is 1. The summed E-state index contributed by atoms with van der Waals surface area (Å²) in [5.41, 5.74) is 8.07. The normalized spacial score (nSPS) is 13.0. The minimum Gasteiger partial charge on any atom is -0.408 e. The van der Waals surface area contributed by atoms with Crippen LogP contribution in [0.5, 0.6) is 0 Å². The zero-order valence-electron chi connectivity index (χ0n) is 10.9. The van der Waals surface area contributed by atoms with Crippen LogP contribution in [0.15, 0.2) is 27.4 Å². The third-order valence-corrected chi connectivity index (χ3v) is 3.09. The van der Waals surface area contributed by atoms with Crippen molar-refractivity contribution in [2.24, 2.45) is 12.8 Å². The second-order valence-electron chi connectivity index (χ2n) is 4.63. The van der Waals surface area contributed by atoms with Gasteiger partial charge in [-0.1, -0.05) is 6.07 Å². The second-order valence-corrected chi connectivity index (χ2v) is 4.63. The first-order chi connectivity index (χ1) is 9.11. The quantitative estimate of drug-likeness (QED) is 0.617. The minimum absolute atomic E-state index is 0.0197. The molecule has 0 fully saturated rings. The monoisotopic (exact) mass is 265 g/mol. The first-order valence-corrected chi connectivity index (χ1v) is 6.27. The van der Waals surface area contributed by atoms with Crippen molar-refractivity contribution in [2.45, 2.75) is 12.5 Å². The van der Waals surface area contributed by atoms with E-state index in [0.29, 0.717) is 12.1 Å². The van der Waals surface area contributed by atoms with E-state index in [-0.39, 0.29) is 18.4 Å². The van der Waals surface area contributed by atoms with Crippen LogP contribution < -0.4 is 16.8 Å². The molecule has 0 amide bonds. The predicted octanol–water partition coefficient (Wildman–Crippen LogP) is -0.417. The number of benzene rings is 1. The maximum Gasteiger partial charge on any atom is 0.419 e. The molecule has 19 heavy (non-hydrogen) atoms. The highest BCUT2D eigenvalue weighted by atomic mass is 16.4. The van der Waals surface area contributed by atoms with Gasteiger partial charge in [0, 0.05) is 19.6 Å². The lowest BCUT2D eigenvalue weighted by molar-refractivity contribution is 0.262. The summed E-state index contributed by atoms with van der Waals surface area (Å²) in [6.07, 6.45) is 0.812. The molecule has 1 aromatic carbocycles. The Hall–Kier alpha value is -1.63. The molecule has 1 unspecified atom stereocenters. The summed E-state index contributed by atoms with van der Waals surface area (Å²) < 4.78 is 6.62. The van der Waals surface area contributed by atoms with Crippen molar-refractivity contribution in [3.05, 3.63) is 34.3 Å². The molecule has 104 valence electrons. The number of rotatable bonds is 6. The molecule has 6 heteroatoms. The van der Waals surface area contributed by atoms with Crippen molar-refractivity contribution in [2.75, 3.05) is 19.7 Å². The lowest BCUT2D eigenvalue weighted by atomic mass is 10.1. The summed E-state index contributed by atoms with van der Waals surface area (Å²) in [6, 6.07) is 5.51. The molecule has 4 N–H and O–H groups in total. The van der Waals surface area contributed by atoms with Gasteiger partial charge in [0.15, 0.2) is 5.58 Å². The topological polar surface area (TPSA) is 93.4 Å². The van der Waals surface area contributed by atoms with E-state index in [9.17, 15) is 4.79 Å². The summed E-state index contributed by atoms with van der Waals surface area (Å²) in [6.45, 7) is 1.32. The van der Waals surface area contributed by atoms with Crippen molar-refractivity contribution in [3.8, 4) is 0 Å². The molecule has 2 rings (SSSR count). The Balaban J connectivity index is 1.96. The van der Waals surface area contributed by atoms with Gasteiger partial charge in [-0.05, 0) is 30.7 Å². The molecule has 0 aliphatic carbocycles. The van der Waals surface area contributed by atoms with Crippen LogP contribution in [0.2, 0.25) is 0 Å². The number of oxazole rings is 1. The molecule has 0 radical (unpaired) electrons. The number of nitrogens with one attached hydrogen (secondary N) is 1. The predicted molar refractivity (Wildman–Crippen MR) is 73.1 cm³/mol. The summed E-state index contributed by atoms with van der Waals surface area (Å²) in [4.78, 5) is 11.4. The van der Waals surface area contributed by atoms with Gasteiger partial charge in [-0.25, -0.2) is 4.79 Å². The molecule has 0 spiro atoms. The minimum atomic E-state index is -0.348. The molecule has 0 bridgehead atoms. The Kier molecular flexibility index (Phi) is 4.36. The van der Waals surface area contributed by atoms with Crippen molar-refractivity contribution in [3.63, 3.8) is 0 Å².